The number of likely N-dealkylation sites (tertiary alicyclic amines) is 1. The number of pyridine rings is 1. The van der Waals surface area contributed by atoms with E-state index in [1.807, 2.05) is 13.8 Å². The van der Waals surface area contributed by atoms with Crippen LogP contribution in [0.5, 0.6) is 0 Å². The minimum Gasteiger partial charge on any atom is -0.347 e. The minimum atomic E-state index is -4.71. The van der Waals surface area contributed by atoms with Crippen LogP contribution in [0.15, 0.2) is 36.5 Å². The molecule has 1 aromatic carbocycles. The first-order chi connectivity index (χ1) is 15.6. The Morgan fingerprint density at radius 2 is 2.09 bits per heavy atom. The van der Waals surface area contributed by atoms with Crippen LogP contribution in [0.25, 0.3) is 16.7 Å². The van der Waals surface area contributed by atoms with Gasteiger partial charge in [0.2, 0.25) is 0 Å². The van der Waals surface area contributed by atoms with E-state index < -0.39 is 17.6 Å². The summed E-state index contributed by atoms with van der Waals surface area (Å²) in [4.78, 5) is 18.9. The van der Waals surface area contributed by atoms with E-state index in [1.165, 1.54) is 12.3 Å². The Morgan fingerprint density at radius 1 is 1.33 bits per heavy atom. The molecule has 1 fully saturated rings. The second kappa shape index (κ2) is 8.39. The first-order valence-electron chi connectivity index (χ1n) is 10.7. The number of alkyl halides is 3. The molecular formula is C23H23F3N6O. The number of nitrogens with zero attached hydrogens (tertiary/aromatic N) is 5. The molecule has 1 N–H and O–H groups in total. The second-order valence-corrected chi connectivity index (χ2v) is 8.28. The molecule has 10 heteroatoms. The molecule has 2 aromatic heterocycles. The number of hydrogen-bond donors (Lipinski definition) is 1. The third-order valence-electron chi connectivity index (χ3n) is 6.17. The summed E-state index contributed by atoms with van der Waals surface area (Å²) in [6, 6.07) is 6.66. The molecule has 3 atom stereocenters. The molecule has 0 aliphatic carbocycles. The van der Waals surface area contributed by atoms with Gasteiger partial charge < -0.3 is 10.2 Å². The number of rotatable bonds is 4. The Bertz CT molecular complexity index is 1250. The summed E-state index contributed by atoms with van der Waals surface area (Å²) in [5, 5.41) is 16.5. The standard InChI is InChI=1S/C23H23F3N6O/c1-4-17-10-19(14(3)31(17)12-27)30-22(33)15-8-16-11-28-32(20-7-5-6-13(2)29-20)21(16)18(9-15)23(24,25)26/h5-9,11,14,17,19H,4,10H2,1-3H3,(H,30,33)/t14-,17+,19-/m1/s1. The lowest BCUT2D eigenvalue weighted by Crippen LogP contribution is -2.42. The summed E-state index contributed by atoms with van der Waals surface area (Å²) >= 11 is 0. The van der Waals surface area contributed by atoms with E-state index in [4.69, 9.17) is 0 Å². The van der Waals surface area contributed by atoms with Crippen molar-refractivity contribution in [2.75, 3.05) is 0 Å². The molecule has 7 nitrogen and oxygen atoms in total. The van der Waals surface area contributed by atoms with Crippen LogP contribution >= 0.6 is 0 Å². The van der Waals surface area contributed by atoms with Crippen LogP contribution < -0.4 is 5.32 Å². The van der Waals surface area contributed by atoms with Crippen LogP contribution in [0.3, 0.4) is 0 Å². The Hall–Kier alpha value is -3.61. The molecule has 0 spiro atoms. The smallest absolute Gasteiger partial charge is 0.347 e. The van der Waals surface area contributed by atoms with Crippen molar-refractivity contribution in [1.82, 2.24) is 25.0 Å². The number of nitrogens with one attached hydrogen (secondary N) is 1. The van der Waals surface area contributed by atoms with Crippen molar-refractivity contribution in [3.63, 3.8) is 0 Å². The van der Waals surface area contributed by atoms with Crippen LogP contribution in [0.2, 0.25) is 0 Å². The highest BCUT2D eigenvalue weighted by Gasteiger charge is 2.39. The van der Waals surface area contributed by atoms with Crippen LogP contribution in [0, 0.1) is 18.4 Å². The lowest BCUT2D eigenvalue weighted by molar-refractivity contribution is -0.136. The summed E-state index contributed by atoms with van der Waals surface area (Å²) in [5.41, 5.74) is -0.589. The normalized spacial score (nSPS) is 20.8. The maximum Gasteiger partial charge on any atom is 0.418 e. The van der Waals surface area contributed by atoms with Crippen LogP contribution in [0.4, 0.5) is 13.2 Å². The van der Waals surface area contributed by atoms with Crippen LogP contribution in [-0.4, -0.2) is 43.7 Å². The van der Waals surface area contributed by atoms with Gasteiger partial charge in [0.25, 0.3) is 5.91 Å². The number of hydrogen-bond acceptors (Lipinski definition) is 5. The number of fused-ring (bicyclic) bond motifs is 1. The van der Waals surface area contributed by atoms with E-state index in [0.29, 0.717) is 12.1 Å². The third-order valence-corrected chi connectivity index (χ3v) is 6.17. The highest BCUT2D eigenvalue weighted by Crippen LogP contribution is 2.37. The average Bonchev–Trinajstić information content (AvgIpc) is 3.33. The summed E-state index contributed by atoms with van der Waals surface area (Å²) in [5.74, 6) is -0.356. The van der Waals surface area contributed by atoms with E-state index in [0.717, 1.165) is 17.2 Å². The van der Waals surface area contributed by atoms with Gasteiger partial charge in [0.15, 0.2) is 12.0 Å². The molecule has 3 heterocycles. The Kier molecular flexibility index (Phi) is 5.74. The molecule has 1 saturated heterocycles. The van der Waals surface area contributed by atoms with E-state index >= 15 is 0 Å². The van der Waals surface area contributed by atoms with Gasteiger partial charge in [-0.05, 0) is 51.0 Å². The zero-order chi connectivity index (χ0) is 23.9. The Balaban J connectivity index is 1.73. The lowest BCUT2D eigenvalue weighted by atomic mass is 10.0. The fraction of sp³-hybridized carbons (Fsp3) is 0.391. The number of carbonyl (C=O) groups excluding carboxylic acids is 1. The van der Waals surface area contributed by atoms with Gasteiger partial charge in [0.1, 0.15) is 0 Å². The largest absolute Gasteiger partial charge is 0.418 e. The maximum absolute atomic E-state index is 14.0. The molecule has 0 bridgehead atoms. The molecule has 1 aliphatic rings. The van der Waals surface area contributed by atoms with E-state index in [2.05, 4.69) is 21.6 Å². The number of aromatic nitrogens is 3. The van der Waals surface area contributed by atoms with Gasteiger partial charge in [-0.2, -0.15) is 23.5 Å². The second-order valence-electron chi connectivity index (χ2n) is 8.28. The molecule has 33 heavy (non-hydrogen) atoms. The van der Waals surface area contributed by atoms with Crippen LogP contribution in [-0.2, 0) is 6.18 Å². The van der Waals surface area contributed by atoms with Crippen molar-refractivity contribution in [3.8, 4) is 12.0 Å². The molecule has 0 unspecified atom stereocenters. The predicted octanol–water partition coefficient (Wildman–Crippen LogP) is 4.20. The van der Waals surface area contributed by atoms with Crippen molar-refractivity contribution in [2.24, 2.45) is 0 Å². The summed E-state index contributed by atoms with van der Waals surface area (Å²) in [6.07, 6.45) is 0.0371. The predicted molar refractivity (Wildman–Crippen MR) is 115 cm³/mol. The Morgan fingerprint density at radius 3 is 2.70 bits per heavy atom. The summed E-state index contributed by atoms with van der Waals surface area (Å²) in [6.45, 7) is 5.52. The molecular weight excluding hydrogens is 433 g/mol. The minimum absolute atomic E-state index is 0.0106. The summed E-state index contributed by atoms with van der Waals surface area (Å²) < 4.78 is 43.3. The maximum atomic E-state index is 14.0. The average molecular weight is 456 g/mol. The van der Waals surface area contributed by atoms with Crippen molar-refractivity contribution in [3.05, 3.63) is 53.3 Å². The lowest BCUT2D eigenvalue weighted by Gasteiger charge is -2.22. The SMILES string of the molecule is CC[C@H]1C[C@@H](NC(=O)c2cc(C(F)(F)F)c3c(cnn3-c3cccc(C)n3)c2)[C@@H](C)N1C#N. The highest BCUT2D eigenvalue weighted by atomic mass is 19.4. The van der Waals surface area contributed by atoms with E-state index in [-0.39, 0.29) is 40.4 Å². The number of carbonyl (C=O) groups is 1. The molecule has 3 aromatic rings. The number of benzene rings is 1. The molecule has 0 saturated carbocycles. The zero-order valence-electron chi connectivity index (χ0n) is 18.4. The van der Waals surface area contributed by atoms with Gasteiger partial charge in [0, 0.05) is 22.7 Å². The molecule has 4 rings (SSSR count). The van der Waals surface area contributed by atoms with Gasteiger partial charge in [-0.3, -0.25) is 4.79 Å². The van der Waals surface area contributed by atoms with Gasteiger partial charge >= 0.3 is 6.18 Å². The molecule has 0 radical (unpaired) electrons. The fourth-order valence-corrected chi connectivity index (χ4v) is 4.43. The van der Waals surface area contributed by atoms with Gasteiger partial charge in [-0.25, -0.2) is 9.67 Å². The molecule has 1 amide bonds. The number of amides is 1. The van der Waals surface area contributed by atoms with Gasteiger partial charge in [-0.1, -0.05) is 13.0 Å². The number of nitriles is 1. The van der Waals surface area contributed by atoms with Crippen molar-refractivity contribution < 1.29 is 18.0 Å². The monoisotopic (exact) mass is 456 g/mol. The van der Waals surface area contributed by atoms with Crippen molar-refractivity contribution in [1.29, 1.82) is 5.26 Å². The number of aryl methyl sites for hydroxylation is 1. The quantitative estimate of drug-likeness (QED) is 0.595. The molecule has 1 aliphatic heterocycles. The van der Waals surface area contributed by atoms with Crippen molar-refractivity contribution >= 4 is 16.8 Å². The fourth-order valence-electron chi connectivity index (χ4n) is 4.43. The van der Waals surface area contributed by atoms with Gasteiger partial charge in [-0.15, -0.1) is 0 Å². The zero-order valence-corrected chi connectivity index (χ0v) is 18.4. The topological polar surface area (TPSA) is 86.8 Å². The first-order valence-corrected chi connectivity index (χ1v) is 10.7. The first kappa shape index (κ1) is 22.6. The molecule has 172 valence electrons. The number of halogens is 3. The van der Waals surface area contributed by atoms with E-state index in [9.17, 15) is 23.2 Å². The van der Waals surface area contributed by atoms with Crippen molar-refractivity contribution in [2.45, 2.75) is 57.9 Å². The Labute approximate surface area is 188 Å². The third kappa shape index (κ3) is 4.11. The van der Waals surface area contributed by atoms with E-state index in [1.54, 1.807) is 30.0 Å². The van der Waals surface area contributed by atoms with Gasteiger partial charge in [0.05, 0.1) is 29.4 Å². The van der Waals surface area contributed by atoms with Crippen LogP contribution in [0.1, 0.15) is 48.3 Å². The highest BCUT2D eigenvalue weighted by molar-refractivity contribution is 5.99. The summed E-state index contributed by atoms with van der Waals surface area (Å²) in [7, 11) is 0.